The Kier molecular flexibility index (Phi) is 4.75. The first-order valence-corrected chi connectivity index (χ1v) is 6.79. The van der Waals surface area contributed by atoms with E-state index in [4.69, 9.17) is 5.73 Å². The largest absolute Gasteiger partial charge is 0.384 e. The fraction of sp³-hybridized carbons (Fsp3) is 0.692. The molecule has 0 radical (unpaired) electrons. The smallest absolute Gasteiger partial charge is 0.224 e. The summed E-state index contributed by atoms with van der Waals surface area (Å²) in [6.07, 6.45) is 5.76. The highest BCUT2D eigenvalue weighted by atomic mass is 15.1. The summed E-state index contributed by atoms with van der Waals surface area (Å²) in [6, 6.07) is 1.70. The van der Waals surface area contributed by atoms with Crippen molar-refractivity contribution in [2.75, 3.05) is 37.2 Å². The average Bonchev–Trinajstić information content (AvgIpc) is 2.38. The van der Waals surface area contributed by atoms with Gasteiger partial charge in [-0.3, -0.25) is 0 Å². The van der Waals surface area contributed by atoms with Gasteiger partial charge in [-0.15, -0.1) is 0 Å². The Hall–Kier alpha value is -1.36. The van der Waals surface area contributed by atoms with E-state index < -0.39 is 0 Å². The quantitative estimate of drug-likeness (QED) is 0.829. The Labute approximate surface area is 109 Å². The van der Waals surface area contributed by atoms with Crippen molar-refractivity contribution in [3.05, 3.63) is 12.3 Å². The van der Waals surface area contributed by atoms with Crippen LogP contribution in [0, 0.1) is 5.92 Å². The molecule has 3 N–H and O–H groups in total. The van der Waals surface area contributed by atoms with Crippen LogP contribution in [0.4, 0.5) is 11.8 Å². The Morgan fingerprint density at radius 1 is 1.39 bits per heavy atom. The number of rotatable bonds is 5. The molecule has 1 saturated heterocycles. The first-order chi connectivity index (χ1) is 8.74. The van der Waals surface area contributed by atoms with Gasteiger partial charge in [-0.05, 0) is 37.9 Å². The molecule has 1 atom stereocenters. The molecular formula is C13H23N5. The van der Waals surface area contributed by atoms with Crippen LogP contribution in [0.1, 0.15) is 26.2 Å². The van der Waals surface area contributed by atoms with Crippen LogP contribution in [0.25, 0.3) is 0 Å². The van der Waals surface area contributed by atoms with Crippen molar-refractivity contribution < 1.29 is 0 Å². The highest BCUT2D eigenvalue weighted by Gasteiger charge is 2.13. The zero-order chi connectivity index (χ0) is 12.8. The van der Waals surface area contributed by atoms with Crippen molar-refractivity contribution in [3.8, 4) is 0 Å². The SMILES string of the molecule is CC(CNc1nccc(N)n1)CN1CCCCC1. The van der Waals surface area contributed by atoms with Crippen molar-refractivity contribution >= 4 is 11.8 Å². The summed E-state index contributed by atoms with van der Waals surface area (Å²) in [5.41, 5.74) is 5.62. The van der Waals surface area contributed by atoms with Gasteiger partial charge < -0.3 is 16.0 Å². The second-order valence-electron chi connectivity index (χ2n) is 5.15. The second kappa shape index (κ2) is 6.54. The van der Waals surface area contributed by atoms with Crippen molar-refractivity contribution in [1.29, 1.82) is 0 Å². The molecular weight excluding hydrogens is 226 g/mol. The fourth-order valence-electron chi connectivity index (χ4n) is 2.37. The third kappa shape index (κ3) is 4.14. The van der Waals surface area contributed by atoms with E-state index in [0.717, 1.165) is 13.1 Å². The van der Waals surface area contributed by atoms with Crippen LogP contribution >= 0.6 is 0 Å². The highest BCUT2D eigenvalue weighted by molar-refractivity contribution is 5.34. The van der Waals surface area contributed by atoms with E-state index in [1.54, 1.807) is 12.3 Å². The molecule has 1 aromatic rings. The normalized spacial score (nSPS) is 18.5. The lowest BCUT2D eigenvalue weighted by atomic mass is 10.1. The van der Waals surface area contributed by atoms with Gasteiger partial charge in [0, 0.05) is 19.3 Å². The predicted octanol–water partition coefficient (Wildman–Crippen LogP) is 1.59. The number of nitrogen functional groups attached to an aromatic ring is 1. The van der Waals surface area contributed by atoms with Gasteiger partial charge in [0.1, 0.15) is 5.82 Å². The molecule has 2 rings (SSSR count). The Balaban J connectivity index is 1.72. The molecule has 0 spiro atoms. The number of likely N-dealkylation sites (tertiary alicyclic amines) is 1. The maximum atomic E-state index is 5.62. The van der Waals surface area contributed by atoms with Gasteiger partial charge in [-0.25, -0.2) is 4.98 Å². The summed E-state index contributed by atoms with van der Waals surface area (Å²) in [5.74, 6) is 1.73. The fourth-order valence-corrected chi connectivity index (χ4v) is 2.37. The number of hydrogen-bond donors (Lipinski definition) is 2. The van der Waals surface area contributed by atoms with E-state index in [1.807, 2.05) is 0 Å². The standard InChI is InChI=1S/C13H23N5/c1-11(10-18-7-3-2-4-8-18)9-16-13-15-6-5-12(14)17-13/h5-6,11H,2-4,7-10H2,1H3,(H3,14,15,16,17). The van der Waals surface area contributed by atoms with E-state index in [0.29, 0.717) is 17.7 Å². The molecule has 100 valence electrons. The van der Waals surface area contributed by atoms with Crippen molar-refractivity contribution in [2.24, 2.45) is 5.92 Å². The van der Waals surface area contributed by atoms with Gasteiger partial charge in [-0.2, -0.15) is 4.98 Å². The van der Waals surface area contributed by atoms with E-state index in [-0.39, 0.29) is 0 Å². The molecule has 0 amide bonds. The topological polar surface area (TPSA) is 67.1 Å². The number of nitrogens with one attached hydrogen (secondary N) is 1. The zero-order valence-corrected chi connectivity index (χ0v) is 11.1. The van der Waals surface area contributed by atoms with Crippen molar-refractivity contribution in [2.45, 2.75) is 26.2 Å². The molecule has 1 unspecified atom stereocenters. The maximum absolute atomic E-state index is 5.62. The molecule has 2 heterocycles. The van der Waals surface area contributed by atoms with E-state index in [2.05, 4.69) is 27.1 Å². The summed E-state index contributed by atoms with van der Waals surface area (Å²) in [4.78, 5) is 10.8. The number of nitrogens with two attached hydrogens (primary N) is 1. The number of aromatic nitrogens is 2. The van der Waals surface area contributed by atoms with Gasteiger partial charge in [0.15, 0.2) is 0 Å². The van der Waals surface area contributed by atoms with Crippen LogP contribution in [0.2, 0.25) is 0 Å². The number of piperidine rings is 1. The van der Waals surface area contributed by atoms with E-state index in [1.165, 1.54) is 32.4 Å². The van der Waals surface area contributed by atoms with Crippen LogP contribution < -0.4 is 11.1 Å². The Bertz CT molecular complexity index is 362. The summed E-state index contributed by atoms with van der Waals surface area (Å²) >= 11 is 0. The van der Waals surface area contributed by atoms with Gasteiger partial charge in [0.05, 0.1) is 0 Å². The minimum absolute atomic E-state index is 0.510. The second-order valence-corrected chi connectivity index (χ2v) is 5.15. The van der Waals surface area contributed by atoms with Crippen LogP contribution in [0.3, 0.4) is 0 Å². The Morgan fingerprint density at radius 2 is 2.17 bits per heavy atom. The molecule has 5 heteroatoms. The lowest BCUT2D eigenvalue weighted by Gasteiger charge is -2.29. The Morgan fingerprint density at radius 3 is 2.89 bits per heavy atom. The summed E-state index contributed by atoms with van der Waals surface area (Å²) in [7, 11) is 0. The lowest BCUT2D eigenvalue weighted by Crippen LogP contribution is -2.35. The molecule has 5 nitrogen and oxygen atoms in total. The minimum atomic E-state index is 0.510. The third-order valence-corrected chi connectivity index (χ3v) is 3.30. The molecule has 1 aliphatic rings. The molecule has 1 aliphatic heterocycles. The van der Waals surface area contributed by atoms with Crippen molar-refractivity contribution in [1.82, 2.24) is 14.9 Å². The van der Waals surface area contributed by atoms with Gasteiger partial charge in [0.25, 0.3) is 0 Å². The monoisotopic (exact) mass is 249 g/mol. The molecule has 0 aliphatic carbocycles. The first kappa shape index (κ1) is 13.1. The van der Waals surface area contributed by atoms with Gasteiger partial charge >= 0.3 is 0 Å². The van der Waals surface area contributed by atoms with Crippen molar-refractivity contribution in [3.63, 3.8) is 0 Å². The third-order valence-electron chi connectivity index (χ3n) is 3.30. The average molecular weight is 249 g/mol. The van der Waals surface area contributed by atoms with Crippen LogP contribution in [0.5, 0.6) is 0 Å². The number of hydrogen-bond acceptors (Lipinski definition) is 5. The molecule has 18 heavy (non-hydrogen) atoms. The first-order valence-electron chi connectivity index (χ1n) is 6.79. The summed E-state index contributed by atoms with van der Waals surface area (Å²) in [5, 5.41) is 3.25. The number of anilines is 2. The molecule has 0 bridgehead atoms. The summed E-state index contributed by atoms with van der Waals surface area (Å²) < 4.78 is 0. The van der Waals surface area contributed by atoms with Gasteiger partial charge in [-0.1, -0.05) is 13.3 Å². The van der Waals surface area contributed by atoms with E-state index in [9.17, 15) is 0 Å². The van der Waals surface area contributed by atoms with Crippen LogP contribution in [0.15, 0.2) is 12.3 Å². The molecule has 1 aromatic heterocycles. The minimum Gasteiger partial charge on any atom is -0.384 e. The van der Waals surface area contributed by atoms with Gasteiger partial charge in [0.2, 0.25) is 5.95 Å². The highest BCUT2D eigenvalue weighted by Crippen LogP contribution is 2.11. The summed E-state index contributed by atoms with van der Waals surface area (Å²) in [6.45, 7) is 6.79. The zero-order valence-electron chi connectivity index (χ0n) is 11.1. The van der Waals surface area contributed by atoms with E-state index >= 15 is 0 Å². The molecule has 0 saturated carbocycles. The predicted molar refractivity (Wildman–Crippen MR) is 74.4 cm³/mol. The maximum Gasteiger partial charge on any atom is 0.224 e. The molecule has 1 fully saturated rings. The lowest BCUT2D eigenvalue weighted by molar-refractivity contribution is 0.204. The number of nitrogens with zero attached hydrogens (tertiary/aromatic N) is 3. The van der Waals surface area contributed by atoms with Crippen LogP contribution in [-0.2, 0) is 0 Å². The molecule has 0 aromatic carbocycles. The van der Waals surface area contributed by atoms with Crippen LogP contribution in [-0.4, -0.2) is 41.0 Å².